The fraction of sp³-hybridized carbons (Fsp3) is 0.789. The van der Waals surface area contributed by atoms with Crippen LogP contribution >= 0.6 is 11.3 Å². The first kappa shape index (κ1) is 21.9. The van der Waals surface area contributed by atoms with Gasteiger partial charge < -0.3 is 15.4 Å². The van der Waals surface area contributed by atoms with Crippen molar-refractivity contribution in [2.45, 2.75) is 91.8 Å². The average Bonchev–Trinajstić information content (AvgIpc) is 2.83. The van der Waals surface area contributed by atoms with Crippen molar-refractivity contribution >= 4 is 17.4 Å². The zero-order valence-electron chi connectivity index (χ0n) is 17.2. The molecule has 0 saturated heterocycles. The molecule has 6 heteroatoms. The molecule has 25 heavy (non-hydrogen) atoms. The third-order valence-corrected chi connectivity index (χ3v) is 5.52. The van der Waals surface area contributed by atoms with Crippen LogP contribution in [0.15, 0.2) is 0 Å². The predicted octanol–water partition coefficient (Wildman–Crippen LogP) is 4.70. The first-order valence-electron chi connectivity index (χ1n) is 9.04. The summed E-state index contributed by atoms with van der Waals surface area (Å²) in [6, 6.07) is 0.232. The van der Waals surface area contributed by atoms with E-state index in [-0.39, 0.29) is 23.6 Å². The molecule has 0 radical (unpaired) electrons. The Kier molecular flexibility index (Phi) is 7.44. The molecule has 2 N–H and O–H groups in total. The molecule has 5 nitrogen and oxygen atoms in total. The van der Waals surface area contributed by atoms with Gasteiger partial charge >= 0.3 is 6.09 Å². The molecule has 1 rings (SSSR count). The monoisotopic (exact) mass is 369 g/mol. The van der Waals surface area contributed by atoms with E-state index in [4.69, 9.17) is 9.72 Å². The molecule has 0 fully saturated rings. The zero-order chi connectivity index (χ0) is 19.4. The van der Waals surface area contributed by atoms with Crippen molar-refractivity contribution < 1.29 is 9.53 Å². The molecular weight excluding hydrogens is 334 g/mol. The standard InChI is InChI=1S/C19H35N3O2S/c1-10-14(22-17(23)24-19(7,8)9)11-20-12(2)15-13(3)21-16(25-15)18(4,5)6/h12,14,20H,10-11H2,1-9H3,(H,22,23). The van der Waals surface area contributed by atoms with E-state index in [0.29, 0.717) is 6.54 Å². The van der Waals surface area contributed by atoms with Crippen molar-refractivity contribution in [3.05, 3.63) is 15.6 Å². The van der Waals surface area contributed by atoms with Crippen LogP contribution in [0.1, 0.15) is 83.4 Å². The number of nitrogens with one attached hydrogen (secondary N) is 2. The molecule has 0 aliphatic carbocycles. The van der Waals surface area contributed by atoms with Gasteiger partial charge in [-0.3, -0.25) is 0 Å². The quantitative estimate of drug-likeness (QED) is 0.763. The lowest BCUT2D eigenvalue weighted by atomic mass is 9.98. The number of aryl methyl sites for hydroxylation is 1. The topological polar surface area (TPSA) is 63.2 Å². The maximum atomic E-state index is 11.9. The van der Waals surface area contributed by atoms with Gasteiger partial charge in [0.05, 0.1) is 10.7 Å². The minimum atomic E-state index is -0.480. The van der Waals surface area contributed by atoms with Crippen LogP contribution in [0, 0.1) is 6.92 Å². The first-order chi connectivity index (χ1) is 11.3. The Hall–Kier alpha value is -1.14. The number of amides is 1. The van der Waals surface area contributed by atoms with Crippen molar-refractivity contribution in [1.82, 2.24) is 15.6 Å². The zero-order valence-corrected chi connectivity index (χ0v) is 18.1. The van der Waals surface area contributed by atoms with Crippen molar-refractivity contribution in [1.29, 1.82) is 0 Å². The van der Waals surface area contributed by atoms with E-state index >= 15 is 0 Å². The maximum absolute atomic E-state index is 11.9. The van der Waals surface area contributed by atoms with E-state index in [1.807, 2.05) is 20.8 Å². The van der Waals surface area contributed by atoms with Gasteiger partial charge in [-0.15, -0.1) is 11.3 Å². The summed E-state index contributed by atoms with van der Waals surface area (Å²) in [4.78, 5) is 17.9. The molecule has 0 aliphatic rings. The molecule has 0 saturated carbocycles. The lowest BCUT2D eigenvalue weighted by Crippen LogP contribution is -2.44. The highest BCUT2D eigenvalue weighted by atomic mass is 32.1. The molecule has 1 aromatic rings. The predicted molar refractivity (Wildman–Crippen MR) is 105 cm³/mol. The molecule has 2 atom stereocenters. The molecule has 0 aromatic carbocycles. The smallest absolute Gasteiger partial charge is 0.407 e. The number of nitrogens with zero attached hydrogens (tertiary/aromatic N) is 1. The minimum Gasteiger partial charge on any atom is -0.444 e. The third kappa shape index (κ3) is 7.32. The normalized spacial score (nSPS) is 14.9. The van der Waals surface area contributed by atoms with E-state index in [9.17, 15) is 4.79 Å². The van der Waals surface area contributed by atoms with Gasteiger partial charge in [0.25, 0.3) is 0 Å². The Bertz CT molecular complexity index is 570. The summed E-state index contributed by atoms with van der Waals surface area (Å²) in [5, 5.41) is 7.62. The summed E-state index contributed by atoms with van der Waals surface area (Å²) in [5.41, 5.74) is 0.673. The minimum absolute atomic E-state index is 0.0348. The molecule has 1 amide bonds. The van der Waals surface area contributed by atoms with Gasteiger partial charge in [0, 0.05) is 28.9 Å². The number of carbonyl (C=O) groups is 1. The number of aromatic nitrogens is 1. The van der Waals surface area contributed by atoms with Crippen molar-refractivity contribution in [2.24, 2.45) is 0 Å². The highest BCUT2D eigenvalue weighted by molar-refractivity contribution is 7.12. The number of rotatable bonds is 6. The van der Waals surface area contributed by atoms with Crippen LogP contribution < -0.4 is 10.6 Å². The van der Waals surface area contributed by atoms with Crippen molar-refractivity contribution in [3.63, 3.8) is 0 Å². The van der Waals surface area contributed by atoms with E-state index < -0.39 is 5.60 Å². The number of thiazole rings is 1. The average molecular weight is 370 g/mol. The second kappa shape index (κ2) is 8.49. The Morgan fingerprint density at radius 2 is 1.84 bits per heavy atom. The Morgan fingerprint density at radius 3 is 2.28 bits per heavy atom. The van der Waals surface area contributed by atoms with Gasteiger partial charge in [-0.1, -0.05) is 27.7 Å². The Balaban J connectivity index is 2.63. The third-order valence-electron chi connectivity index (χ3n) is 3.75. The fourth-order valence-electron chi connectivity index (χ4n) is 2.31. The molecule has 144 valence electrons. The summed E-state index contributed by atoms with van der Waals surface area (Å²) < 4.78 is 5.34. The van der Waals surface area contributed by atoms with E-state index in [1.165, 1.54) is 4.88 Å². The largest absolute Gasteiger partial charge is 0.444 e. The number of ether oxygens (including phenoxy) is 1. The highest BCUT2D eigenvalue weighted by Crippen LogP contribution is 2.32. The number of hydrogen-bond donors (Lipinski definition) is 2. The maximum Gasteiger partial charge on any atom is 0.407 e. The number of alkyl carbamates (subject to hydrolysis) is 1. The summed E-state index contributed by atoms with van der Waals surface area (Å²) in [5.74, 6) is 0. The van der Waals surface area contributed by atoms with Crippen LogP contribution in [0.25, 0.3) is 0 Å². The van der Waals surface area contributed by atoms with Crippen LogP contribution in [0.2, 0.25) is 0 Å². The molecular formula is C19H35N3O2S. The molecule has 1 heterocycles. The van der Waals surface area contributed by atoms with E-state index in [1.54, 1.807) is 11.3 Å². The Labute approximate surface area is 157 Å². The second-order valence-electron chi connectivity index (χ2n) is 8.60. The summed E-state index contributed by atoms with van der Waals surface area (Å²) in [6.45, 7) is 19.1. The molecule has 1 aromatic heterocycles. The summed E-state index contributed by atoms with van der Waals surface area (Å²) in [7, 11) is 0. The fourth-order valence-corrected chi connectivity index (χ4v) is 3.46. The van der Waals surface area contributed by atoms with Gasteiger partial charge in [-0.25, -0.2) is 9.78 Å². The van der Waals surface area contributed by atoms with Gasteiger partial charge in [-0.2, -0.15) is 0 Å². The van der Waals surface area contributed by atoms with Gasteiger partial charge in [0.2, 0.25) is 0 Å². The lowest BCUT2D eigenvalue weighted by Gasteiger charge is -2.24. The highest BCUT2D eigenvalue weighted by Gasteiger charge is 2.23. The van der Waals surface area contributed by atoms with Crippen LogP contribution in [0.3, 0.4) is 0 Å². The SMILES string of the molecule is CCC(CNC(C)c1sc(C(C)(C)C)nc1C)NC(=O)OC(C)(C)C. The summed E-state index contributed by atoms with van der Waals surface area (Å²) in [6.07, 6.45) is 0.478. The van der Waals surface area contributed by atoms with Crippen LogP contribution in [-0.4, -0.2) is 29.3 Å². The van der Waals surface area contributed by atoms with Crippen molar-refractivity contribution in [2.75, 3.05) is 6.54 Å². The second-order valence-corrected chi connectivity index (χ2v) is 9.63. The van der Waals surface area contributed by atoms with Gasteiger partial charge in [0.1, 0.15) is 5.60 Å². The van der Waals surface area contributed by atoms with E-state index in [2.05, 4.69) is 52.2 Å². The van der Waals surface area contributed by atoms with E-state index in [0.717, 1.165) is 17.1 Å². The van der Waals surface area contributed by atoms with Gasteiger partial charge in [-0.05, 0) is 41.0 Å². The molecule has 2 unspecified atom stereocenters. The molecule has 0 aliphatic heterocycles. The van der Waals surface area contributed by atoms with Crippen LogP contribution in [0.5, 0.6) is 0 Å². The molecule has 0 spiro atoms. The van der Waals surface area contributed by atoms with Crippen LogP contribution in [-0.2, 0) is 10.2 Å². The lowest BCUT2D eigenvalue weighted by molar-refractivity contribution is 0.0502. The number of hydrogen-bond acceptors (Lipinski definition) is 5. The van der Waals surface area contributed by atoms with Crippen molar-refractivity contribution in [3.8, 4) is 0 Å². The van der Waals surface area contributed by atoms with Gasteiger partial charge in [0.15, 0.2) is 0 Å². The summed E-state index contributed by atoms with van der Waals surface area (Å²) >= 11 is 1.77. The molecule has 0 bridgehead atoms. The van der Waals surface area contributed by atoms with Crippen LogP contribution in [0.4, 0.5) is 4.79 Å². The number of carbonyl (C=O) groups excluding carboxylic acids is 1. The Morgan fingerprint density at radius 1 is 1.24 bits per heavy atom. The first-order valence-corrected chi connectivity index (χ1v) is 9.85.